The Morgan fingerprint density at radius 2 is 1.71 bits per heavy atom. The fourth-order valence-electron chi connectivity index (χ4n) is 4.58. The molecule has 3 heterocycles. The molecular formula is C25H29F3N4O2. The number of hydrogen-bond acceptors (Lipinski definition) is 4. The Labute approximate surface area is 197 Å². The number of rotatable bonds is 4. The number of pyridine rings is 1. The van der Waals surface area contributed by atoms with Crippen LogP contribution < -0.4 is 4.90 Å². The number of fused-ring (bicyclic) bond motifs is 1. The van der Waals surface area contributed by atoms with E-state index < -0.39 is 17.8 Å². The number of anilines is 1. The summed E-state index contributed by atoms with van der Waals surface area (Å²) in [5.41, 5.74) is 1.37. The lowest BCUT2D eigenvalue weighted by molar-refractivity contribution is -0.147. The Balaban J connectivity index is 1.45. The van der Waals surface area contributed by atoms with E-state index in [1.807, 2.05) is 43.0 Å². The van der Waals surface area contributed by atoms with Gasteiger partial charge >= 0.3 is 6.18 Å². The quantitative estimate of drug-likeness (QED) is 0.678. The number of benzene rings is 1. The molecule has 182 valence electrons. The number of aromatic nitrogens is 1. The van der Waals surface area contributed by atoms with Gasteiger partial charge in [0.25, 0.3) is 0 Å². The minimum atomic E-state index is -4.42. The smallest absolute Gasteiger partial charge is 0.353 e. The first-order valence-corrected chi connectivity index (χ1v) is 11.6. The van der Waals surface area contributed by atoms with Crippen molar-refractivity contribution in [3.8, 4) is 0 Å². The number of halogens is 3. The van der Waals surface area contributed by atoms with Gasteiger partial charge in [0.2, 0.25) is 11.8 Å². The average Bonchev–Trinajstić information content (AvgIpc) is 2.82. The van der Waals surface area contributed by atoms with Gasteiger partial charge in [-0.3, -0.25) is 9.59 Å². The van der Waals surface area contributed by atoms with E-state index in [2.05, 4.69) is 4.98 Å². The van der Waals surface area contributed by atoms with E-state index in [4.69, 9.17) is 0 Å². The second-order valence-electron chi connectivity index (χ2n) is 9.32. The Morgan fingerprint density at radius 3 is 2.29 bits per heavy atom. The molecule has 2 amide bonds. The van der Waals surface area contributed by atoms with Crippen LogP contribution in [-0.4, -0.2) is 58.8 Å². The van der Waals surface area contributed by atoms with E-state index in [0.717, 1.165) is 23.4 Å². The van der Waals surface area contributed by atoms with Crippen LogP contribution in [0.5, 0.6) is 0 Å². The Morgan fingerprint density at radius 1 is 1.03 bits per heavy atom. The molecule has 34 heavy (non-hydrogen) atoms. The van der Waals surface area contributed by atoms with Crippen LogP contribution in [0.4, 0.5) is 19.0 Å². The summed E-state index contributed by atoms with van der Waals surface area (Å²) < 4.78 is 38.4. The van der Waals surface area contributed by atoms with Gasteiger partial charge in [-0.25, -0.2) is 4.98 Å². The third kappa shape index (κ3) is 5.18. The summed E-state index contributed by atoms with van der Waals surface area (Å²) >= 11 is 0. The summed E-state index contributed by atoms with van der Waals surface area (Å²) in [6.07, 6.45) is -2.71. The van der Waals surface area contributed by atoms with Gasteiger partial charge in [0.05, 0.1) is 5.56 Å². The summed E-state index contributed by atoms with van der Waals surface area (Å²) in [4.78, 5) is 35.9. The Hall–Kier alpha value is -3.10. The molecule has 0 radical (unpaired) electrons. The van der Waals surface area contributed by atoms with Crippen molar-refractivity contribution in [2.75, 3.05) is 31.1 Å². The van der Waals surface area contributed by atoms with E-state index in [-0.39, 0.29) is 17.7 Å². The van der Waals surface area contributed by atoms with Gasteiger partial charge in [0.15, 0.2) is 0 Å². The Bertz CT molecular complexity index is 1030. The maximum atomic E-state index is 13.5. The van der Waals surface area contributed by atoms with Crippen molar-refractivity contribution in [2.24, 2.45) is 5.92 Å². The molecule has 1 unspecified atom stereocenters. The molecule has 6 nitrogen and oxygen atoms in total. The zero-order valence-electron chi connectivity index (χ0n) is 19.4. The number of carbonyl (C=O) groups excluding carboxylic acids is 2. The van der Waals surface area contributed by atoms with Gasteiger partial charge in [0.1, 0.15) is 11.9 Å². The lowest BCUT2D eigenvalue weighted by Crippen LogP contribution is -2.57. The average molecular weight is 475 g/mol. The van der Waals surface area contributed by atoms with Gasteiger partial charge < -0.3 is 14.7 Å². The van der Waals surface area contributed by atoms with E-state index in [0.29, 0.717) is 51.4 Å². The van der Waals surface area contributed by atoms with Crippen molar-refractivity contribution in [3.05, 3.63) is 59.3 Å². The zero-order chi connectivity index (χ0) is 24.5. The molecule has 1 atom stereocenters. The molecule has 1 aromatic carbocycles. The van der Waals surface area contributed by atoms with Crippen molar-refractivity contribution in [3.63, 3.8) is 0 Å². The van der Waals surface area contributed by atoms with Gasteiger partial charge in [-0.1, -0.05) is 38.1 Å². The van der Waals surface area contributed by atoms with Crippen molar-refractivity contribution in [1.29, 1.82) is 0 Å². The number of amides is 2. The number of alkyl halides is 3. The van der Waals surface area contributed by atoms with Crippen LogP contribution in [0, 0.1) is 5.92 Å². The minimum absolute atomic E-state index is 0.0181. The maximum absolute atomic E-state index is 13.5. The largest absolute Gasteiger partial charge is 0.417 e. The highest BCUT2D eigenvalue weighted by molar-refractivity contribution is 5.88. The normalized spacial score (nSPS) is 18.8. The first kappa shape index (κ1) is 24.0. The second kappa shape index (κ2) is 9.64. The summed E-state index contributed by atoms with van der Waals surface area (Å²) in [6, 6.07) is 9.75. The molecule has 0 aliphatic carbocycles. The van der Waals surface area contributed by atoms with Crippen molar-refractivity contribution >= 4 is 17.6 Å². The number of nitrogens with zero attached hydrogens (tertiary/aromatic N) is 4. The highest BCUT2D eigenvalue weighted by Crippen LogP contribution is 2.30. The SMILES string of the molecule is CC(C)CC(=O)N1Cc2ccccc2CC1C(=O)N1CCN(c2ccc(C(F)(F)F)cn2)CC1. The molecule has 0 spiro atoms. The van der Waals surface area contributed by atoms with Crippen LogP contribution in [0.25, 0.3) is 0 Å². The molecule has 2 aliphatic heterocycles. The summed E-state index contributed by atoms with van der Waals surface area (Å²) in [5, 5.41) is 0. The fourth-order valence-corrected chi connectivity index (χ4v) is 4.58. The number of piperazine rings is 1. The van der Waals surface area contributed by atoms with Crippen molar-refractivity contribution < 1.29 is 22.8 Å². The van der Waals surface area contributed by atoms with Crippen LogP contribution >= 0.6 is 0 Å². The topological polar surface area (TPSA) is 56.8 Å². The highest BCUT2D eigenvalue weighted by atomic mass is 19.4. The molecule has 9 heteroatoms. The van der Waals surface area contributed by atoms with E-state index in [9.17, 15) is 22.8 Å². The van der Waals surface area contributed by atoms with E-state index >= 15 is 0 Å². The van der Waals surface area contributed by atoms with Crippen LogP contribution in [0.1, 0.15) is 37.0 Å². The molecular weight excluding hydrogens is 445 g/mol. The van der Waals surface area contributed by atoms with E-state index in [1.165, 1.54) is 6.07 Å². The summed E-state index contributed by atoms with van der Waals surface area (Å²) in [6.45, 7) is 6.17. The lowest BCUT2D eigenvalue weighted by Gasteiger charge is -2.41. The molecule has 1 saturated heterocycles. The lowest BCUT2D eigenvalue weighted by atomic mass is 9.92. The van der Waals surface area contributed by atoms with Crippen LogP contribution in [0.15, 0.2) is 42.6 Å². The first-order valence-electron chi connectivity index (χ1n) is 11.6. The van der Waals surface area contributed by atoms with Gasteiger partial charge in [0, 0.05) is 51.8 Å². The molecule has 0 N–H and O–H groups in total. The predicted molar refractivity (Wildman–Crippen MR) is 122 cm³/mol. The monoisotopic (exact) mass is 474 g/mol. The first-order chi connectivity index (χ1) is 16.1. The predicted octanol–water partition coefficient (Wildman–Crippen LogP) is 3.75. The molecule has 4 rings (SSSR count). The summed E-state index contributed by atoms with van der Waals surface area (Å²) in [5.74, 6) is 0.558. The summed E-state index contributed by atoms with van der Waals surface area (Å²) in [7, 11) is 0. The third-order valence-corrected chi connectivity index (χ3v) is 6.43. The fraction of sp³-hybridized carbons (Fsp3) is 0.480. The highest BCUT2D eigenvalue weighted by Gasteiger charge is 2.38. The second-order valence-corrected chi connectivity index (χ2v) is 9.32. The standard InChI is InChI=1S/C25H29F3N4O2/c1-17(2)13-23(33)32-16-19-6-4-3-5-18(19)14-21(32)24(34)31-11-9-30(10-12-31)22-8-7-20(15-29-22)25(26,27)28/h3-8,15,17,21H,9-14,16H2,1-2H3. The van der Waals surface area contributed by atoms with Crippen molar-refractivity contribution in [2.45, 2.75) is 45.5 Å². The minimum Gasteiger partial charge on any atom is -0.353 e. The molecule has 1 fully saturated rings. The number of hydrogen-bond donors (Lipinski definition) is 0. The molecule has 2 aliphatic rings. The van der Waals surface area contributed by atoms with Crippen LogP contribution in [0.3, 0.4) is 0 Å². The van der Waals surface area contributed by atoms with Crippen LogP contribution in [0.2, 0.25) is 0 Å². The van der Waals surface area contributed by atoms with Gasteiger partial charge in [-0.2, -0.15) is 13.2 Å². The molecule has 0 saturated carbocycles. The number of carbonyl (C=O) groups is 2. The zero-order valence-corrected chi connectivity index (χ0v) is 19.4. The van der Waals surface area contributed by atoms with E-state index in [1.54, 1.807) is 9.80 Å². The molecule has 1 aromatic heterocycles. The van der Waals surface area contributed by atoms with Crippen molar-refractivity contribution in [1.82, 2.24) is 14.8 Å². The van der Waals surface area contributed by atoms with Gasteiger partial charge in [-0.15, -0.1) is 0 Å². The maximum Gasteiger partial charge on any atom is 0.417 e. The van der Waals surface area contributed by atoms with Gasteiger partial charge in [-0.05, 0) is 29.2 Å². The molecule has 2 aromatic rings. The van der Waals surface area contributed by atoms with Crippen LogP contribution in [-0.2, 0) is 28.7 Å². The third-order valence-electron chi connectivity index (χ3n) is 6.43. The Kier molecular flexibility index (Phi) is 6.81. The molecule has 0 bridgehead atoms.